The average molecular weight is 639 g/mol. The molecule has 4 N–H and O–H groups in total. The standard InChI is InChI=1S/C39H50N4O4/c1-8-10-11-12-15-47-24(7)36-22(5)30-17-29-21(4)26(13-14-35(45)46)38(42-29)27-16-34(44)37-23(6)31(43-39(27)37)18-32-25(9-2)20(3)28(40-32)19-33(36)41-30/h17-19,21,24,26,31,40-42H,8-16H2,1-7H3,(H,45,46). The van der Waals surface area contributed by atoms with Gasteiger partial charge in [0.15, 0.2) is 5.78 Å². The number of aromatic amines is 2. The smallest absolute Gasteiger partial charge is 0.303 e. The molecule has 4 atom stereocenters. The van der Waals surface area contributed by atoms with Gasteiger partial charge in [0, 0.05) is 81.5 Å². The lowest BCUT2D eigenvalue weighted by Crippen LogP contribution is -2.17. The summed E-state index contributed by atoms with van der Waals surface area (Å²) in [7, 11) is 0. The summed E-state index contributed by atoms with van der Waals surface area (Å²) in [5.74, 6) is -0.751. The summed E-state index contributed by atoms with van der Waals surface area (Å²) >= 11 is 0. The summed E-state index contributed by atoms with van der Waals surface area (Å²) in [6.45, 7) is 15.8. The molecule has 2 fully saturated rings. The van der Waals surface area contributed by atoms with Crippen molar-refractivity contribution in [1.82, 2.24) is 15.3 Å². The summed E-state index contributed by atoms with van der Waals surface area (Å²) in [6, 6.07) is -0.244. The van der Waals surface area contributed by atoms with E-state index in [1.165, 1.54) is 30.4 Å². The second-order valence-corrected chi connectivity index (χ2v) is 13.8. The van der Waals surface area contributed by atoms with Crippen molar-refractivity contribution in [2.75, 3.05) is 6.61 Å². The van der Waals surface area contributed by atoms with Gasteiger partial charge in [-0.05, 0) is 87.4 Å². The maximum Gasteiger partial charge on any atom is 0.303 e. The normalized spacial score (nSPS) is 22.3. The lowest BCUT2D eigenvalue weighted by Gasteiger charge is -2.16. The topological polar surface area (TPSA) is 120 Å². The van der Waals surface area contributed by atoms with E-state index in [0.29, 0.717) is 6.42 Å². The zero-order chi connectivity index (χ0) is 33.6. The molecule has 47 heavy (non-hydrogen) atoms. The molecule has 2 aromatic rings. The number of aliphatic imine (C=N–C) groups is 1. The molecule has 2 aromatic heterocycles. The van der Waals surface area contributed by atoms with Crippen molar-refractivity contribution in [3.8, 4) is 0 Å². The van der Waals surface area contributed by atoms with E-state index in [9.17, 15) is 14.7 Å². The van der Waals surface area contributed by atoms with Crippen LogP contribution in [0.5, 0.6) is 0 Å². The lowest BCUT2D eigenvalue weighted by molar-refractivity contribution is -0.137. The molecule has 1 saturated carbocycles. The molecule has 0 amide bonds. The van der Waals surface area contributed by atoms with Gasteiger partial charge in [-0.15, -0.1) is 0 Å². The number of unbranched alkanes of at least 4 members (excludes halogenated alkanes) is 3. The number of hydrogen-bond donors (Lipinski definition) is 4. The Kier molecular flexibility index (Phi) is 9.34. The first-order valence-corrected chi connectivity index (χ1v) is 17.5. The number of carbonyl (C=O) groups is 2. The molecule has 5 heterocycles. The first-order valence-electron chi connectivity index (χ1n) is 17.5. The van der Waals surface area contributed by atoms with Crippen molar-refractivity contribution in [2.45, 2.75) is 112 Å². The van der Waals surface area contributed by atoms with Crippen molar-refractivity contribution >= 4 is 35.7 Å². The highest BCUT2D eigenvalue weighted by Gasteiger charge is 2.43. The molecule has 0 aromatic carbocycles. The molecule has 0 spiro atoms. The molecule has 8 bridgehead atoms. The van der Waals surface area contributed by atoms with E-state index in [1.807, 2.05) is 6.92 Å². The Hall–Kier alpha value is -3.91. The fraction of sp³-hybridized carbons (Fsp3) is 0.513. The number of ether oxygens (including phenoxy) is 1. The Bertz CT molecular complexity index is 1860. The second-order valence-electron chi connectivity index (χ2n) is 13.8. The van der Waals surface area contributed by atoms with Crippen molar-refractivity contribution in [3.63, 3.8) is 0 Å². The SMILES string of the molecule is CCCCCCOC(C)c1c2[nH]c(c1C)C=C1NC(=C3CC(=O)C4=C(C)C(C=c5[nH]c(c(C)c5CC)=C2)N=C34)C(CCC(=O)O)C1C. The van der Waals surface area contributed by atoms with Crippen LogP contribution in [-0.2, 0) is 20.7 Å². The minimum absolute atomic E-state index is 0.0341. The van der Waals surface area contributed by atoms with Crippen LogP contribution in [0.3, 0.4) is 0 Å². The number of rotatable bonds is 11. The van der Waals surface area contributed by atoms with Gasteiger partial charge >= 0.3 is 5.97 Å². The number of nitrogens with zero attached hydrogens (tertiary/aromatic N) is 1. The molecule has 0 radical (unpaired) electrons. The summed E-state index contributed by atoms with van der Waals surface area (Å²) in [5, 5.41) is 15.4. The van der Waals surface area contributed by atoms with Gasteiger partial charge in [-0.1, -0.05) is 40.0 Å². The van der Waals surface area contributed by atoms with Gasteiger partial charge in [0.1, 0.15) is 0 Å². The van der Waals surface area contributed by atoms with E-state index in [4.69, 9.17) is 9.73 Å². The number of carboxylic acid groups (broad SMARTS) is 1. The van der Waals surface area contributed by atoms with E-state index in [1.54, 1.807) is 0 Å². The Morgan fingerprint density at radius 3 is 2.57 bits per heavy atom. The van der Waals surface area contributed by atoms with Crippen molar-refractivity contribution < 1.29 is 19.4 Å². The van der Waals surface area contributed by atoms with Crippen LogP contribution < -0.4 is 16.0 Å². The Labute approximate surface area is 277 Å². The third-order valence-electron chi connectivity index (χ3n) is 10.8. The van der Waals surface area contributed by atoms with E-state index >= 15 is 0 Å². The molecule has 250 valence electrons. The number of H-pyrrole nitrogens is 2. The minimum Gasteiger partial charge on any atom is -0.481 e. The van der Waals surface area contributed by atoms with Gasteiger partial charge in [0.25, 0.3) is 0 Å². The van der Waals surface area contributed by atoms with Crippen LogP contribution in [0.15, 0.2) is 33.1 Å². The number of Topliss-reactive ketones (excluding diaryl/α,β-unsaturated/α-hetero) is 1. The minimum atomic E-state index is -0.815. The first-order chi connectivity index (χ1) is 22.5. The molecule has 8 heteroatoms. The van der Waals surface area contributed by atoms with Crippen molar-refractivity contribution in [3.05, 3.63) is 72.5 Å². The number of hydrogen-bond acceptors (Lipinski definition) is 5. The summed E-state index contributed by atoms with van der Waals surface area (Å²) in [6.07, 6.45) is 12.8. The zero-order valence-corrected chi connectivity index (χ0v) is 29.0. The van der Waals surface area contributed by atoms with Crippen LogP contribution in [0.25, 0.3) is 18.2 Å². The highest BCUT2D eigenvalue weighted by atomic mass is 16.5. The Morgan fingerprint density at radius 2 is 1.85 bits per heavy atom. The molecule has 4 aliphatic rings. The van der Waals surface area contributed by atoms with E-state index in [-0.39, 0.29) is 42.6 Å². The number of carbonyl (C=O) groups excluding carboxylic acids is 1. The molecule has 8 nitrogen and oxygen atoms in total. The summed E-state index contributed by atoms with van der Waals surface area (Å²) in [4.78, 5) is 37.9. The number of allylic oxidation sites excluding steroid dienone is 4. The quantitative estimate of drug-likeness (QED) is 0.218. The maximum atomic E-state index is 13.5. The van der Waals surface area contributed by atoms with Crippen LogP contribution in [0, 0.1) is 25.7 Å². The summed E-state index contributed by atoms with van der Waals surface area (Å²) < 4.78 is 6.45. The van der Waals surface area contributed by atoms with Gasteiger partial charge in [-0.25, -0.2) is 0 Å². The van der Waals surface area contributed by atoms with Crippen LogP contribution in [-0.4, -0.2) is 45.2 Å². The van der Waals surface area contributed by atoms with E-state index < -0.39 is 5.97 Å². The van der Waals surface area contributed by atoms with Crippen molar-refractivity contribution in [1.29, 1.82) is 0 Å². The number of carboxylic acids is 1. The fourth-order valence-electron chi connectivity index (χ4n) is 8.09. The molecule has 1 saturated heterocycles. The van der Waals surface area contributed by atoms with Crippen LogP contribution in [0.4, 0.5) is 0 Å². The van der Waals surface area contributed by atoms with E-state index in [2.05, 4.69) is 75.1 Å². The third kappa shape index (κ3) is 6.01. The van der Waals surface area contributed by atoms with Crippen LogP contribution in [0.1, 0.15) is 119 Å². The highest BCUT2D eigenvalue weighted by Crippen LogP contribution is 2.44. The highest BCUT2D eigenvalue weighted by molar-refractivity contribution is 6.37. The number of fused-ring (bicyclic) bond motifs is 7. The van der Waals surface area contributed by atoms with Gasteiger partial charge in [-0.3, -0.25) is 14.6 Å². The predicted molar refractivity (Wildman–Crippen MR) is 187 cm³/mol. The van der Waals surface area contributed by atoms with Gasteiger partial charge < -0.3 is 25.1 Å². The number of aliphatic carboxylic acids is 1. The van der Waals surface area contributed by atoms with Gasteiger partial charge in [0.2, 0.25) is 0 Å². The Balaban J connectivity index is 1.56. The number of ketones is 1. The molecule has 6 rings (SSSR count). The monoisotopic (exact) mass is 638 g/mol. The van der Waals surface area contributed by atoms with E-state index in [0.717, 1.165) is 86.5 Å². The molecule has 3 aliphatic heterocycles. The zero-order valence-electron chi connectivity index (χ0n) is 29.0. The van der Waals surface area contributed by atoms with Gasteiger partial charge in [0.05, 0.1) is 17.9 Å². The lowest BCUT2D eigenvalue weighted by atomic mass is 9.86. The summed E-state index contributed by atoms with van der Waals surface area (Å²) in [5.41, 5.74) is 12.1. The van der Waals surface area contributed by atoms with Crippen LogP contribution in [0.2, 0.25) is 0 Å². The largest absolute Gasteiger partial charge is 0.481 e. The molecular weight excluding hydrogens is 588 g/mol. The average Bonchev–Trinajstić information content (AvgIpc) is 3.78. The van der Waals surface area contributed by atoms with Crippen LogP contribution >= 0.6 is 0 Å². The third-order valence-corrected chi connectivity index (χ3v) is 10.8. The second kappa shape index (κ2) is 13.3. The first kappa shape index (κ1) is 33.0. The van der Waals surface area contributed by atoms with Crippen molar-refractivity contribution in [2.24, 2.45) is 16.8 Å². The molecular formula is C39H50N4O4. The van der Waals surface area contributed by atoms with Gasteiger partial charge in [-0.2, -0.15) is 0 Å². The number of nitrogens with one attached hydrogen (secondary N) is 3. The molecule has 1 aliphatic carbocycles. The maximum absolute atomic E-state index is 13.5. The molecule has 4 unspecified atom stereocenters. The Morgan fingerprint density at radius 1 is 1.06 bits per heavy atom. The number of aromatic nitrogens is 2. The predicted octanol–water partition coefficient (Wildman–Crippen LogP) is 6.23. The fourth-order valence-corrected chi connectivity index (χ4v) is 8.09.